The number of fused-ring (bicyclic) bond motifs is 5. The zero-order chi connectivity index (χ0) is 38.4. The molecule has 0 fully saturated rings. The average molecular weight is 740 g/mol. The van der Waals surface area contributed by atoms with Crippen molar-refractivity contribution in [1.29, 1.82) is 0 Å². The molecule has 2 heteroatoms. The largest absolute Gasteiger partial charge is 0.455 e. The average Bonchev–Trinajstić information content (AvgIpc) is 3.69. The van der Waals surface area contributed by atoms with E-state index in [4.69, 9.17) is 4.42 Å². The Labute approximate surface area is 337 Å². The number of hydrogen-bond donors (Lipinski definition) is 0. The van der Waals surface area contributed by atoms with Crippen molar-refractivity contribution < 1.29 is 4.42 Å². The van der Waals surface area contributed by atoms with Crippen molar-refractivity contribution in [3.63, 3.8) is 0 Å². The molecule has 58 heavy (non-hydrogen) atoms. The van der Waals surface area contributed by atoms with Gasteiger partial charge in [-0.15, -0.1) is 0 Å². The van der Waals surface area contributed by atoms with Crippen molar-refractivity contribution in [3.8, 4) is 44.5 Å². The second-order valence-electron chi connectivity index (χ2n) is 14.9. The van der Waals surface area contributed by atoms with Crippen LogP contribution in [-0.4, -0.2) is 0 Å². The fraction of sp³-hybridized carbons (Fsp3) is 0. The van der Waals surface area contributed by atoms with Crippen LogP contribution in [0.4, 0.5) is 17.1 Å². The summed E-state index contributed by atoms with van der Waals surface area (Å²) in [6.45, 7) is 0. The van der Waals surface area contributed by atoms with Crippen LogP contribution < -0.4 is 4.90 Å². The minimum Gasteiger partial charge on any atom is -0.455 e. The Bertz CT molecular complexity index is 3260. The van der Waals surface area contributed by atoms with Gasteiger partial charge >= 0.3 is 0 Å². The molecule has 0 atom stereocenters. The molecule has 0 unspecified atom stereocenters. The van der Waals surface area contributed by atoms with Crippen molar-refractivity contribution in [2.45, 2.75) is 0 Å². The van der Waals surface area contributed by atoms with Gasteiger partial charge in [0.2, 0.25) is 0 Å². The highest BCUT2D eigenvalue weighted by atomic mass is 16.3. The number of anilines is 3. The smallest absolute Gasteiger partial charge is 0.143 e. The highest BCUT2D eigenvalue weighted by Crippen LogP contribution is 2.41. The third-order valence-electron chi connectivity index (χ3n) is 11.5. The van der Waals surface area contributed by atoms with Gasteiger partial charge in [-0.05, 0) is 115 Å². The van der Waals surface area contributed by atoms with E-state index in [9.17, 15) is 0 Å². The fourth-order valence-electron chi connectivity index (χ4n) is 8.53. The lowest BCUT2D eigenvalue weighted by molar-refractivity contribution is 0.670. The van der Waals surface area contributed by atoms with Gasteiger partial charge in [-0.25, -0.2) is 0 Å². The van der Waals surface area contributed by atoms with Gasteiger partial charge < -0.3 is 9.32 Å². The third-order valence-corrected chi connectivity index (χ3v) is 11.5. The van der Waals surface area contributed by atoms with E-state index in [0.29, 0.717) is 0 Å². The van der Waals surface area contributed by atoms with E-state index in [1.54, 1.807) is 0 Å². The molecule has 0 aliphatic rings. The highest BCUT2D eigenvalue weighted by molar-refractivity contribution is 6.09. The van der Waals surface area contributed by atoms with Crippen LogP contribution in [-0.2, 0) is 0 Å². The summed E-state index contributed by atoms with van der Waals surface area (Å²) in [4.78, 5) is 2.34. The van der Waals surface area contributed by atoms with Crippen molar-refractivity contribution in [2.24, 2.45) is 0 Å². The molecular weight excluding hydrogens is 703 g/mol. The van der Waals surface area contributed by atoms with Gasteiger partial charge in [0.15, 0.2) is 0 Å². The second-order valence-corrected chi connectivity index (χ2v) is 14.9. The Morgan fingerprint density at radius 3 is 1.52 bits per heavy atom. The summed E-state index contributed by atoms with van der Waals surface area (Å²) in [6, 6.07) is 80.7. The van der Waals surface area contributed by atoms with Gasteiger partial charge in [0, 0.05) is 33.4 Å². The topological polar surface area (TPSA) is 16.4 Å². The standard InChI is InChI=1S/C56H37NO/c1-2-12-43-36-45(23-22-38(43)10-1)40-26-32-48(33-27-40)57(49-34-28-42(29-35-49)52-19-9-20-54-53-17-5-6-21-55(53)58-56(52)54)47-30-24-39(25-31-47)44-14-7-15-46(37-44)51-18-8-13-41-11-3-4-16-50(41)51/h1-37H. The molecule has 2 nitrogen and oxygen atoms in total. The zero-order valence-electron chi connectivity index (χ0n) is 31.7. The molecule has 11 aromatic rings. The number of furan rings is 1. The van der Waals surface area contributed by atoms with Crippen LogP contribution in [0, 0.1) is 0 Å². The maximum Gasteiger partial charge on any atom is 0.143 e. The Morgan fingerprint density at radius 1 is 0.276 bits per heavy atom. The van der Waals surface area contributed by atoms with Crippen LogP contribution in [0.1, 0.15) is 0 Å². The molecular formula is C56H37NO. The lowest BCUT2D eigenvalue weighted by Gasteiger charge is -2.26. The van der Waals surface area contributed by atoms with Crippen LogP contribution in [0.3, 0.4) is 0 Å². The summed E-state index contributed by atoms with van der Waals surface area (Å²) < 4.78 is 6.41. The monoisotopic (exact) mass is 739 g/mol. The summed E-state index contributed by atoms with van der Waals surface area (Å²) in [5, 5.41) is 7.27. The van der Waals surface area contributed by atoms with Crippen LogP contribution in [0.5, 0.6) is 0 Å². The Balaban J connectivity index is 0.968. The van der Waals surface area contributed by atoms with Gasteiger partial charge in [-0.2, -0.15) is 0 Å². The molecule has 0 aliphatic carbocycles. The number of nitrogens with zero attached hydrogens (tertiary/aromatic N) is 1. The van der Waals surface area contributed by atoms with Crippen LogP contribution >= 0.6 is 0 Å². The summed E-state index contributed by atoms with van der Waals surface area (Å²) >= 11 is 0. The molecule has 11 rings (SSSR count). The molecule has 1 heterocycles. The molecule has 0 spiro atoms. The van der Waals surface area contributed by atoms with E-state index >= 15 is 0 Å². The van der Waals surface area contributed by atoms with Crippen LogP contribution in [0.2, 0.25) is 0 Å². The van der Waals surface area contributed by atoms with E-state index < -0.39 is 0 Å². The molecule has 0 bridgehead atoms. The van der Waals surface area contributed by atoms with Crippen molar-refractivity contribution in [3.05, 3.63) is 224 Å². The Morgan fingerprint density at radius 2 is 0.776 bits per heavy atom. The van der Waals surface area contributed by atoms with Gasteiger partial charge in [-0.1, -0.05) is 170 Å². The van der Waals surface area contributed by atoms with Crippen molar-refractivity contribution in [1.82, 2.24) is 0 Å². The van der Waals surface area contributed by atoms with E-state index in [-0.39, 0.29) is 0 Å². The van der Waals surface area contributed by atoms with Crippen LogP contribution in [0.25, 0.3) is 88.0 Å². The quantitative estimate of drug-likeness (QED) is 0.162. The van der Waals surface area contributed by atoms with Gasteiger partial charge in [0.1, 0.15) is 11.2 Å². The lowest BCUT2D eigenvalue weighted by Crippen LogP contribution is -2.09. The van der Waals surface area contributed by atoms with E-state index in [2.05, 4.69) is 217 Å². The lowest BCUT2D eigenvalue weighted by atomic mass is 9.95. The van der Waals surface area contributed by atoms with E-state index in [1.807, 2.05) is 12.1 Å². The first-order valence-electron chi connectivity index (χ1n) is 19.8. The minimum absolute atomic E-state index is 0.906. The molecule has 0 saturated carbocycles. The summed E-state index contributed by atoms with van der Waals surface area (Å²) in [5.74, 6) is 0. The van der Waals surface area contributed by atoms with Crippen molar-refractivity contribution in [2.75, 3.05) is 4.90 Å². The predicted octanol–water partition coefficient (Wildman–Crippen LogP) is 16.0. The zero-order valence-corrected chi connectivity index (χ0v) is 31.7. The number of rotatable bonds is 7. The van der Waals surface area contributed by atoms with E-state index in [1.165, 1.54) is 54.9 Å². The third kappa shape index (κ3) is 6.00. The number of para-hydroxylation sites is 2. The van der Waals surface area contributed by atoms with Gasteiger partial charge in [-0.3, -0.25) is 0 Å². The Kier molecular flexibility index (Phi) is 8.19. The summed E-state index contributed by atoms with van der Waals surface area (Å²) in [6.07, 6.45) is 0. The first-order valence-corrected chi connectivity index (χ1v) is 19.8. The highest BCUT2D eigenvalue weighted by Gasteiger charge is 2.16. The summed E-state index contributed by atoms with van der Waals surface area (Å²) in [5.41, 5.74) is 14.5. The molecule has 0 aliphatic heterocycles. The summed E-state index contributed by atoms with van der Waals surface area (Å²) in [7, 11) is 0. The van der Waals surface area contributed by atoms with Crippen molar-refractivity contribution >= 4 is 60.5 Å². The minimum atomic E-state index is 0.906. The molecule has 0 amide bonds. The predicted molar refractivity (Wildman–Crippen MR) is 245 cm³/mol. The first kappa shape index (κ1) is 33.6. The molecule has 0 radical (unpaired) electrons. The van der Waals surface area contributed by atoms with Gasteiger partial charge in [0.05, 0.1) is 0 Å². The van der Waals surface area contributed by atoms with Crippen LogP contribution in [0.15, 0.2) is 229 Å². The van der Waals surface area contributed by atoms with Gasteiger partial charge in [0.25, 0.3) is 0 Å². The first-order chi connectivity index (χ1) is 28.7. The number of benzene rings is 10. The number of hydrogen-bond acceptors (Lipinski definition) is 2. The maximum atomic E-state index is 6.41. The molecule has 1 aromatic heterocycles. The fourth-order valence-corrected chi connectivity index (χ4v) is 8.53. The normalized spacial score (nSPS) is 11.4. The second kappa shape index (κ2) is 14.1. The molecule has 0 saturated heterocycles. The SMILES string of the molecule is c1cc(-c2ccc(N(c3ccc(-c4ccc5ccccc5c4)cc3)c3ccc(-c4cccc5c4oc4ccccc45)cc3)cc2)cc(-c2cccc3ccccc23)c1. The molecule has 0 N–H and O–H groups in total. The van der Waals surface area contributed by atoms with E-state index in [0.717, 1.165) is 50.1 Å². The molecule has 272 valence electrons. The maximum absolute atomic E-state index is 6.41. The molecule has 10 aromatic carbocycles. The Hall–Kier alpha value is -7.68.